The van der Waals surface area contributed by atoms with Crippen LogP contribution in [0.25, 0.3) is 0 Å². The number of rotatable bonds is 7. The van der Waals surface area contributed by atoms with Gasteiger partial charge in [0.25, 0.3) is 0 Å². The van der Waals surface area contributed by atoms with E-state index in [1.54, 1.807) is 19.2 Å². The van der Waals surface area contributed by atoms with Crippen LogP contribution in [-0.2, 0) is 9.59 Å². The van der Waals surface area contributed by atoms with Gasteiger partial charge in [0.05, 0.1) is 18.2 Å². The van der Waals surface area contributed by atoms with Gasteiger partial charge in [0.15, 0.2) is 0 Å². The van der Waals surface area contributed by atoms with E-state index >= 15 is 0 Å². The molecule has 2 N–H and O–H groups in total. The van der Waals surface area contributed by atoms with Gasteiger partial charge in [-0.25, -0.2) is 4.79 Å². The Bertz CT molecular complexity index is 1110. The molecule has 2 saturated carbocycles. The zero-order chi connectivity index (χ0) is 28.7. The standard InChI is InChI=1S/C21H25N3O3.C12H20O/c1-22-15-19(25)23-11-13-24(14-12-23)20(16-5-3-2-4-6-16)17-7-9-18(10-8-17)21(26)27;1-9-3-10-5-11(4-9)7-12(2,6-10)8-13/h2-10,20,22H,11-15H2,1H3,(H,26,27);8-11H,3-7H2,1-2H3. The van der Waals surface area contributed by atoms with Gasteiger partial charge in [-0.3, -0.25) is 9.69 Å². The van der Waals surface area contributed by atoms with E-state index in [4.69, 9.17) is 5.11 Å². The van der Waals surface area contributed by atoms with Crippen LogP contribution in [0.15, 0.2) is 54.6 Å². The molecule has 1 saturated heterocycles. The fourth-order valence-corrected chi connectivity index (χ4v) is 7.28. The molecule has 216 valence electrons. The van der Waals surface area contributed by atoms with E-state index in [0.717, 1.165) is 54.8 Å². The second kappa shape index (κ2) is 13.6. The minimum Gasteiger partial charge on any atom is -0.478 e. The van der Waals surface area contributed by atoms with Crippen molar-refractivity contribution in [2.75, 3.05) is 39.8 Å². The minimum absolute atomic E-state index is 0.0216. The molecule has 3 fully saturated rings. The summed E-state index contributed by atoms with van der Waals surface area (Å²) in [6.07, 6.45) is 7.63. The number of likely N-dealkylation sites (N-methyl/N-ethyl adjacent to an activating group) is 1. The molecule has 1 heterocycles. The van der Waals surface area contributed by atoms with Gasteiger partial charge in [0.1, 0.15) is 6.29 Å². The third-order valence-corrected chi connectivity index (χ3v) is 8.88. The zero-order valence-corrected chi connectivity index (χ0v) is 24.2. The fourth-order valence-electron chi connectivity index (χ4n) is 7.28. The molecule has 2 aliphatic carbocycles. The van der Waals surface area contributed by atoms with Crippen LogP contribution < -0.4 is 5.32 Å². The average molecular weight is 548 g/mol. The molecule has 3 unspecified atom stereocenters. The Morgan fingerprint density at radius 1 is 0.950 bits per heavy atom. The first-order chi connectivity index (χ1) is 19.2. The Balaban J connectivity index is 0.000000236. The van der Waals surface area contributed by atoms with Crippen molar-refractivity contribution < 1.29 is 19.5 Å². The van der Waals surface area contributed by atoms with Crippen molar-refractivity contribution in [3.63, 3.8) is 0 Å². The smallest absolute Gasteiger partial charge is 0.335 e. The van der Waals surface area contributed by atoms with Crippen molar-refractivity contribution in [3.05, 3.63) is 71.3 Å². The molecule has 7 nitrogen and oxygen atoms in total. The summed E-state index contributed by atoms with van der Waals surface area (Å²) in [4.78, 5) is 38.5. The lowest BCUT2D eigenvalue weighted by molar-refractivity contribution is -0.132. The maximum absolute atomic E-state index is 12.1. The molecule has 3 atom stereocenters. The Kier molecular flexibility index (Phi) is 10.1. The highest BCUT2D eigenvalue weighted by Gasteiger charge is 2.40. The third-order valence-electron chi connectivity index (χ3n) is 8.88. The molecule has 2 aromatic rings. The van der Waals surface area contributed by atoms with E-state index in [0.29, 0.717) is 19.6 Å². The highest BCUT2D eigenvalue weighted by Crippen LogP contribution is 2.49. The quantitative estimate of drug-likeness (QED) is 0.481. The molecule has 0 aromatic heterocycles. The first-order valence-corrected chi connectivity index (χ1v) is 14.7. The van der Waals surface area contributed by atoms with Gasteiger partial charge in [-0.1, -0.05) is 56.3 Å². The summed E-state index contributed by atoms with van der Waals surface area (Å²) in [6, 6.07) is 17.3. The number of nitrogens with zero attached hydrogens (tertiary/aromatic N) is 2. The maximum atomic E-state index is 12.1. The Labute approximate surface area is 238 Å². The first kappa shape index (κ1) is 29.9. The highest BCUT2D eigenvalue weighted by molar-refractivity contribution is 5.87. The number of fused-ring (bicyclic) bond motifs is 2. The van der Waals surface area contributed by atoms with Gasteiger partial charge < -0.3 is 20.1 Å². The molecular formula is C33H45N3O4. The maximum Gasteiger partial charge on any atom is 0.335 e. The number of piperazine rings is 1. The normalized spacial score (nSPS) is 27.2. The highest BCUT2D eigenvalue weighted by atomic mass is 16.4. The lowest BCUT2D eigenvalue weighted by Crippen LogP contribution is -2.51. The number of amides is 1. The first-order valence-electron chi connectivity index (χ1n) is 14.7. The SMILES string of the molecule is CC1CC2CC(C1)CC(C)(C=O)C2.CNCC(=O)N1CCN(C(c2ccccc2)c2ccc(C(=O)O)cc2)CC1. The molecule has 7 heteroatoms. The number of nitrogens with one attached hydrogen (secondary N) is 1. The third kappa shape index (κ3) is 7.58. The van der Waals surface area contributed by atoms with Crippen LogP contribution >= 0.6 is 0 Å². The monoisotopic (exact) mass is 547 g/mol. The molecule has 0 spiro atoms. The molecular weight excluding hydrogens is 502 g/mol. The molecule has 5 rings (SSSR count). The summed E-state index contributed by atoms with van der Waals surface area (Å²) >= 11 is 0. The van der Waals surface area contributed by atoms with Crippen molar-refractivity contribution in [1.82, 2.24) is 15.1 Å². The number of aromatic carboxylic acids is 1. The van der Waals surface area contributed by atoms with Crippen LogP contribution in [0.5, 0.6) is 0 Å². The number of aldehydes is 1. The largest absolute Gasteiger partial charge is 0.478 e. The second-order valence-electron chi connectivity index (χ2n) is 12.4. The van der Waals surface area contributed by atoms with Gasteiger partial charge >= 0.3 is 5.97 Å². The van der Waals surface area contributed by atoms with Crippen LogP contribution in [0.4, 0.5) is 0 Å². The Morgan fingerprint density at radius 3 is 2.05 bits per heavy atom. The van der Waals surface area contributed by atoms with E-state index in [1.807, 2.05) is 35.2 Å². The van der Waals surface area contributed by atoms with Crippen molar-refractivity contribution in [2.45, 2.75) is 52.0 Å². The summed E-state index contributed by atoms with van der Waals surface area (Å²) < 4.78 is 0. The van der Waals surface area contributed by atoms with Gasteiger partial charge in [-0.15, -0.1) is 0 Å². The van der Waals surface area contributed by atoms with Gasteiger partial charge in [0, 0.05) is 31.6 Å². The molecule has 2 bridgehead atoms. The van der Waals surface area contributed by atoms with Crippen LogP contribution in [-0.4, -0.2) is 72.8 Å². The van der Waals surface area contributed by atoms with E-state index in [-0.39, 0.29) is 22.9 Å². The topological polar surface area (TPSA) is 90.0 Å². The van der Waals surface area contributed by atoms with Crippen molar-refractivity contribution >= 4 is 18.2 Å². The summed E-state index contributed by atoms with van der Waals surface area (Å²) in [6.45, 7) is 7.80. The van der Waals surface area contributed by atoms with Gasteiger partial charge in [-0.2, -0.15) is 0 Å². The number of carboxylic acid groups (broad SMARTS) is 1. The van der Waals surface area contributed by atoms with Crippen molar-refractivity contribution in [3.8, 4) is 0 Å². The fraction of sp³-hybridized carbons (Fsp3) is 0.545. The van der Waals surface area contributed by atoms with Gasteiger partial charge in [-0.05, 0) is 80.2 Å². The summed E-state index contributed by atoms with van der Waals surface area (Å²) in [5.41, 5.74) is 2.53. The zero-order valence-electron chi connectivity index (χ0n) is 24.2. The molecule has 40 heavy (non-hydrogen) atoms. The van der Waals surface area contributed by atoms with E-state index in [2.05, 4.69) is 36.2 Å². The number of benzene rings is 2. The van der Waals surface area contributed by atoms with Gasteiger partial charge in [0.2, 0.25) is 5.91 Å². The van der Waals surface area contributed by atoms with Crippen LogP contribution in [0.3, 0.4) is 0 Å². The lowest BCUT2D eigenvalue weighted by atomic mass is 9.60. The van der Waals surface area contributed by atoms with Crippen LogP contribution in [0, 0.1) is 23.2 Å². The van der Waals surface area contributed by atoms with E-state index in [9.17, 15) is 14.4 Å². The molecule has 1 aliphatic heterocycles. The molecule has 2 aromatic carbocycles. The number of hydrogen-bond donors (Lipinski definition) is 2. The predicted octanol–water partition coefficient (Wildman–Crippen LogP) is 4.88. The summed E-state index contributed by atoms with van der Waals surface area (Å²) in [5.74, 6) is 1.80. The number of carbonyl (C=O) groups is 3. The molecule has 1 amide bonds. The van der Waals surface area contributed by atoms with Crippen LogP contribution in [0.2, 0.25) is 0 Å². The summed E-state index contributed by atoms with van der Waals surface area (Å²) in [5, 5.41) is 12.1. The molecule has 0 radical (unpaired) electrons. The minimum atomic E-state index is -0.922. The average Bonchev–Trinajstić information content (AvgIpc) is 2.94. The predicted molar refractivity (Wildman–Crippen MR) is 157 cm³/mol. The van der Waals surface area contributed by atoms with Crippen molar-refractivity contribution in [1.29, 1.82) is 0 Å². The lowest BCUT2D eigenvalue weighted by Gasteiger charge is -2.44. The van der Waals surface area contributed by atoms with E-state index in [1.165, 1.54) is 25.5 Å². The van der Waals surface area contributed by atoms with Crippen molar-refractivity contribution in [2.24, 2.45) is 23.2 Å². The van der Waals surface area contributed by atoms with Crippen LogP contribution in [0.1, 0.15) is 73.5 Å². The number of carboxylic acids is 1. The Hall–Kier alpha value is -3.03. The van der Waals surface area contributed by atoms with E-state index < -0.39 is 5.97 Å². The molecule has 3 aliphatic rings. The number of hydrogen-bond acceptors (Lipinski definition) is 5. The number of carbonyl (C=O) groups excluding carboxylic acids is 2. The second-order valence-corrected chi connectivity index (χ2v) is 12.4. The Morgan fingerprint density at radius 2 is 1.52 bits per heavy atom. The summed E-state index contributed by atoms with van der Waals surface area (Å²) in [7, 11) is 1.78.